The van der Waals surface area contributed by atoms with Crippen molar-refractivity contribution in [1.29, 1.82) is 0 Å². The van der Waals surface area contributed by atoms with Crippen LogP contribution < -0.4 is 17.2 Å². The first-order valence-electron chi connectivity index (χ1n) is 2.96. The Balaban J connectivity index is 3.37. The van der Waals surface area contributed by atoms with Gasteiger partial charge in [-0.25, -0.2) is 0 Å². The molecule has 0 aliphatic rings. The fourth-order valence-corrected chi connectivity index (χ4v) is 0.464. The highest BCUT2D eigenvalue weighted by Crippen LogP contribution is 1.96. The van der Waals surface area contributed by atoms with Crippen LogP contribution in [-0.4, -0.2) is 12.2 Å². The normalized spacial score (nSPS) is 18.0. The molecule has 0 aliphatic heterocycles. The van der Waals surface area contributed by atoms with E-state index in [2.05, 4.69) is 5.73 Å². The number of rotatable bonds is 3. The second-order valence-corrected chi connectivity index (χ2v) is 2.25. The second kappa shape index (κ2) is 3.02. The number of hydrogen-bond donors (Lipinski definition) is 3. The van der Waals surface area contributed by atoms with Gasteiger partial charge in [0, 0.05) is 12.8 Å². The molecule has 50 valence electrons. The van der Waals surface area contributed by atoms with Crippen molar-refractivity contribution in [1.82, 2.24) is 0 Å². The van der Waals surface area contributed by atoms with Crippen molar-refractivity contribution in [3.05, 3.63) is 0 Å². The van der Waals surface area contributed by atoms with Crippen molar-refractivity contribution in [2.75, 3.05) is 6.54 Å². The molecule has 0 aromatic rings. The van der Waals surface area contributed by atoms with Crippen LogP contribution >= 0.6 is 0 Å². The summed E-state index contributed by atoms with van der Waals surface area (Å²) in [5.74, 6) is 0. The summed E-state index contributed by atoms with van der Waals surface area (Å²) in [6.07, 6.45) is 1.70. The van der Waals surface area contributed by atoms with Crippen LogP contribution in [0.3, 0.4) is 0 Å². The van der Waals surface area contributed by atoms with Gasteiger partial charge in [-0.3, -0.25) is 5.73 Å². The van der Waals surface area contributed by atoms with E-state index in [9.17, 15) is 0 Å². The van der Waals surface area contributed by atoms with Gasteiger partial charge in [-0.1, -0.05) is 6.92 Å². The molecule has 0 fully saturated rings. The fraction of sp³-hybridized carbons (Fsp3) is 1.00. The van der Waals surface area contributed by atoms with Gasteiger partial charge >= 0.3 is 0 Å². The number of hydrogen-bond acceptors (Lipinski definition) is 2. The van der Waals surface area contributed by atoms with E-state index in [1.807, 2.05) is 6.92 Å². The van der Waals surface area contributed by atoms with E-state index in [0.29, 0.717) is 6.54 Å². The van der Waals surface area contributed by atoms with Crippen LogP contribution in [0.4, 0.5) is 0 Å². The van der Waals surface area contributed by atoms with Gasteiger partial charge in [0.1, 0.15) is 5.66 Å². The third kappa shape index (κ3) is 2.96. The molecule has 3 nitrogen and oxygen atoms in total. The minimum Gasteiger partial charge on any atom is -0.340 e. The molecule has 0 spiro atoms. The first-order valence-corrected chi connectivity index (χ1v) is 2.96. The topological polar surface area (TPSA) is 79.7 Å². The van der Waals surface area contributed by atoms with E-state index < -0.39 is 0 Å². The maximum atomic E-state index is 5.64. The van der Waals surface area contributed by atoms with Gasteiger partial charge in [0.2, 0.25) is 0 Å². The van der Waals surface area contributed by atoms with Crippen LogP contribution in [0.25, 0.3) is 0 Å². The van der Waals surface area contributed by atoms with Gasteiger partial charge in [-0.15, -0.1) is 0 Å². The molecule has 0 heterocycles. The molecule has 1 atom stereocenters. The quantitative estimate of drug-likeness (QED) is 0.400. The molecule has 7 N–H and O–H groups in total. The van der Waals surface area contributed by atoms with Gasteiger partial charge < -0.3 is 11.5 Å². The van der Waals surface area contributed by atoms with Gasteiger partial charge in [0.05, 0.1) is 0 Å². The zero-order valence-electron chi connectivity index (χ0n) is 5.48. The Hall–Kier alpha value is -0.120. The predicted octanol–water partition coefficient (Wildman–Crippen LogP) is -1.36. The largest absolute Gasteiger partial charge is 0.340 e. The van der Waals surface area contributed by atoms with E-state index >= 15 is 0 Å². The van der Waals surface area contributed by atoms with E-state index in [-0.39, 0.29) is 5.66 Å². The summed E-state index contributed by atoms with van der Waals surface area (Å²) in [6.45, 7) is 2.65. The average molecular weight is 118 g/mol. The molecule has 0 aromatic heterocycles. The first-order chi connectivity index (χ1) is 3.62. The Morgan fingerprint density at radius 3 is 2.25 bits per heavy atom. The van der Waals surface area contributed by atoms with Crippen LogP contribution in [0.2, 0.25) is 0 Å². The summed E-state index contributed by atoms with van der Waals surface area (Å²) < 4.78 is 0. The zero-order chi connectivity index (χ0) is 6.62. The van der Waals surface area contributed by atoms with Crippen molar-refractivity contribution >= 4 is 0 Å². The third-order valence-electron chi connectivity index (χ3n) is 1.35. The van der Waals surface area contributed by atoms with Crippen molar-refractivity contribution in [3.63, 3.8) is 0 Å². The minimum atomic E-state index is -0.283. The molecule has 0 bridgehead atoms. The number of quaternary nitrogens is 1. The molecule has 3 heteroatoms. The van der Waals surface area contributed by atoms with Crippen LogP contribution in [0, 0.1) is 0 Å². The maximum absolute atomic E-state index is 5.64. The van der Waals surface area contributed by atoms with Crippen LogP contribution in [0.1, 0.15) is 19.8 Å². The molecule has 0 saturated heterocycles. The molecule has 0 rings (SSSR count). The van der Waals surface area contributed by atoms with E-state index in [1.165, 1.54) is 0 Å². The Labute approximate surface area is 50.2 Å². The van der Waals surface area contributed by atoms with Crippen molar-refractivity contribution in [2.24, 2.45) is 11.5 Å². The molecule has 8 heavy (non-hydrogen) atoms. The lowest BCUT2D eigenvalue weighted by Crippen LogP contribution is -2.78. The Kier molecular flexibility index (Phi) is 2.97. The monoisotopic (exact) mass is 118 g/mol. The smallest absolute Gasteiger partial charge is 0.146 e. The number of nitrogens with two attached hydrogens (primary N) is 2. The summed E-state index contributed by atoms with van der Waals surface area (Å²) >= 11 is 0. The molecule has 0 aliphatic carbocycles. The summed E-state index contributed by atoms with van der Waals surface area (Å²) in [5, 5.41) is 0. The predicted molar refractivity (Wildman–Crippen MR) is 33.8 cm³/mol. The lowest BCUT2D eigenvalue weighted by Gasteiger charge is -2.16. The standard InChI is InChI=1S/C5H15N3/c1-2-5(7,8)3-4-6/h2-4,6-8H2,1H3/p+1. The summed E-state index contributed by atoms with van der Waals surface area (Å²) in [4.78, 5) is 0. The first kappa shape index (κ1) is 7.88. The second-order valence-electron chi connectivity index (χ2n) is 2.25. The lowest BCUT2D eigenvalue weighted by molar-refractivity contribution is -0.478. The van der Waals surface area contributed by atoms with Crippen molar-refractivity contribution in [2.45, 2.75) is 25.4 Å². The highest BCUT2D eigenvalue weighted by molar-refractivity contribution is 4.65. The van der Waals surface area contributed by atoms with Crippen molar-refractivity contribution in [3.8, 4) is 0 Å². The SMILES string of the molecule is CCC(N)([NH3+])CCN. The molecule has 0 amide bonds. The minimum absolute atomic E-state index is 0.283. The molecule has 0 radical (unpaired) electrons. The van der Waals surface area contributed by atoms with Gasteiger partial charge in [-0.2, -0.15) is 0 Å². The molecular weight excluding hydrogens is 102 g/mol. The Bertz CT molecular complexity index is 60.7. The van der Waals surface area contributed by atoms with E-state index in [4.69, 9.17) is 11.5 Å². The highest BCUT2D eigenvalue weighted by Gasteiger charge is 2.17. The van der Waals surface area contributed by atoms with E-state index in [0.717, 1.165) is 12.8 Å². The Morgan fingerprint density at radius 2 is 2.12 bits per heavy atom. The van der Waals surface area contributed by atoms with Gasteiger partial charge in [0.25, 0.3) is 0 Å². The summed E-state index contributed by atoms with van der Waals surface area (Å²) in [5.41, 5.74) is 14.4. The highest BCUT2D eigenvalue weighted by atomic mass is 14.9. The van der Waals surface area contributed by atoms with Crippen molar-refractivity contribution < 1.29 is 5.73 Å². The van der Waals surface area contributed by atoms with E-state index in [1.54, 1.807) is 0 Å². The zero-order valence-corrected chi connectivity index (χ0v) is 5.48. The fourth-order valence-electron chi connectivity index (χ4n) is 0.464. The maximum Gasteiger partial charge on any atom is 0.146 e. The van der Waals surface area contributed by atoms with Gasteiger partial charge in [0.15, 0.2) is 0 Å². The average Bonchev–Trinajstić information content (AvgIpc) is 1.67. The summed E-state index contributed by atoms with van der Waals surface area (Å²) in [6, 6.07) is 0. The summed E-state index contributed by atoms with van der Waals surface area (Å²) in [7, 11) is 0. The van der Waals surface area contributed by atoms with Crippen LogP contribution in [-0.2, 0) is 0 Å². The Morgan fingerprint density at radius 1 is 1.62 bits per heavy atom. The molecule has 1 unspecified atom stereocenters. The van der Waals surface area contributed by atoms with Gasteiger partial charge in [-0.05, 0) is 6.54 Å². The lowest BCUT2D eigenvalue weighted by atomic mass is 10.1. The van der Waals surface area contributed by atoms with Crippen LogP contribution in [0.15, 0.2) is 0 Å². The molecule has 0 saturated carbocycles. The van der Waals surface area contributed by atoms with Crippen LogP contribution in [0.5, 0.6) is 0 Å². The molecule has 0 aromatic carbocycles. The third-order valence-corrected chi connectivity index (χ3v) is 1.35. The molecular formula is C5H16N3+.